The molecule has 0 spiro atoms. The Balaban J connectivity index is 2.85. The number of hydrogen-bond acceptors (Lipinski definition) is 0. The Morgan fingerprint density at radius 3 is 2.50 bits per heavy atom. The molecule has 1 aliphatic rings. The minimum Gasteiger partial charge on any atom is -0.0836 e. The summed E-state index contributed by atoms with van der Waals surface area (Å²) in [5.41, 5.74) is 2.83. The molecule has 1 rings (SSSR count). The summed E-state index contributed by atoms with van der Waals surface area (Å²) in [6.07, 6.45) is 4.53. The number of hydrogen-bond donors (Lipinski definition) is 0. The van der Waals surface area contributed by atoms with Crippen molar-refractivity contribution in [1.82, 2.24) is 0 Å². The summed E-state index contributed by atoms with van der Waals surface area (Å²) in [6, 6.07) is 0. The molecule has 2 unspecified atom stereocenters. The zero-order chi connectivity index (χ0) is 7.72. The lowest BCUT2D eigenvalue weighted by Crippen LogP contribution is -2.13. The van der Waals surface area contributed by atoms with E-state index in [9.17, 15) is 0 Å². The smallest absolute Gasteiger partial charge is 0.0415 e. The van der Waals surface area contributed by atoms with Crippen LogP contribution in [0.4, 0.5) is 0 Å². The third-order valence-electron chi connectivity index (χ3n) is 1.88. The van der Waals surface area contributed by atoms with Gasteiger partial charge in [0.05, 0.1) is 0 Å². The molecule has 0 saturated carbocycles. The van der Waals surface area contributed by atoms with Crippen molar-refractivity contribution < 1.29 is 0 Å². The Bertz CT molecular complexity index is 189. The van der Waals surface area contributed by atoms with Crippen LogP contribution in [0.1, 0.15) is 20.8 Å². The van der Waals surface area contributed by atoms with Gasteiger partial charge in [0.25, 0.3) is 0 Å². The van der Waals surface area contributed by atoms with Crippen molar-refractivity contribution >= 4 is 15.9 Å². The van der Waals surface area contributed by atoms with Gasteiger partial charge in [0, 0.05) is 4.83 Å². The van der Waals surface area contributed by atoms with Crippen LogP contribution in [0.5, 0.6) is 0 Å². The molecular weight excluding hydrogens is 188 g/mol. The van der Waals surface area contributed by atoms with Gasteiger partial charge in [0.2, 0.25) is 0 Å². The van der Waals surface area contributed by atoms with Crippen molar-refractivity contribution in [3.63, 3.8) is 0 Å². The molecule has 0 nitrogen and oxygen atoms in total. The predicted molar refractivity (Wildman–Crippen MR) is 49.4 cm³/mol. The van der Waals surface area contributed by atoms with Gasteiger partial charge in [-0.3, -0.25) is 0 Å². The molecule has 0 radical (unpaired) electrons. The third-order valence-corrected chi connectivity index (χ3v) is 3.43. The Hall–Kier alpha value is -0.0400. The van der Waals surface area contributed by atoms with Gasteiger partial charge in [-0.25, -0.2) is 0 Å². The van der Waals surface area contributed by atoms with Crippen molar-refractivity contribution in [2.45, 2.75) is 25.6 Å². The fourth-order valence-electron chi connectivity index (χ4n) is 1.40. The molecule has 0 aromatic carbocycles. The number of alkyl halides is 1. The first-order valence-electron chi connectivity index (χ1n) is 3.62. The van der Waals surface area contributed by atoms with Crippen LogP contribution >= 0.6 is 15.9 Å². The number of halogens is 1. The molecule has 10 heavy (non-hydrogen) atoms. The van der Waals surface area contributed by atoms with Gasteiger partial charge in [-0.2, -0.15) is 0 Å². The van der Waals surface area contributed by atoms with E-state index in [1.165, 1.54) is 11.1 Å². The monoisotopic (exact) mass is 200 g/mol. The van der Waals surface area contributed by atoms with E-state index in [0.29, 0.717) is 10.7 Å². The fraction of sp³-hybridized carbons (Fsp3) is 0.556. The highest BCUT2D eigenvalue weighted by Crippen LogP contribution is 2.28. The normalized spacial score (nSPS) is 33.2. The average molecular weight is 201 g/mol. The van der Waals surface area contributed by atoms with Crippen LogP contribution in [0.2, 0.25) is 0 Å². The zero-order valence-electron chi connectivity index (χ0n) is 6.69. The van der Waals surface area contributed by atoms with Crippen molar-refractivity contribution in [3.8, 4) is 0 Å². The van der Waals surface area contributed by atoms with Crippen LogP contribution in [-0.2, 0) is 0 Å². The topological polar surface area (TPSA) is 0 Å². The summed E-state index contributed by atoms with van der Waals surface area (Å²) in [5.74, 6) is 0.644. The van der Waals surface area contributed by atoms with Gasteiger partial charge in [-0.05, 0) is 19.8 Å². The molecule has 0 amide bonds. The summed E-state index contributed by atoms with van der Waals surface area (Å²) in [6.45, 7) is 6.56. The maximum Gasteiger partial charge on any atom is 0.0415 e. The van der Waals surface area contributed by atoms with E-state index < -0.39 is 0 Å². The minimum atomic E-state index is 0.552. The quantitative estimate of drug-likeness (QED) is 0.527. The zero-order valence-corrected chi connectivity index (χ0v) is 8.27. The maximum absolute atomic E-state index is 3.63. The second kappa shape index (κ2) is 2.91. The lowest BCUT2D eigenvalue weighted by atomic mass is 9.93. The van der Waals surface area contributed by atoms with E-state index in [-0.39, 0.29) is 0 Å². The van der Waals surface area contributed by atoms with E-state index in [1.807, 2.05) is 0 Å². The lowest BCUT2D eigenvalue weighted by molar-refractivity contribution is 0.726. The number of allylic oxidation sites excluding steroid dienone is 4. The van der Waals surface area contributed by atoms with Crippen LogP contribution in [0.3, 0.4) is 0 Å². The molecule has 0 saturated heterocycles. The third kappa shape index (κ3) is 1.51. The molecule has 0 aromatic heterocycles. The summed E-state index contributed by atoms with van der Waals surface area (Å²) < 4.78 is 0. The minimum absolute atomic E-state index is 0.552. The Morgan fingerprint density at radius 2 is 2.00 bits per heavy atom. The highest BCUT2D eigenvalue weighted by molar-refractivity contribution is 9.09. The average Bonchev–Trinajstić information content (AvgIpc) is 1.82. The first kappa shape index (κ1) is 8.06. The van der Waals surface area contributed by atoms with E-state index in [0.717, 1.165) is 0 Å². The van der Waals surface area contributed by atoms with Gasteiger partial charge in [-0.15, -0.1) is 0 Å². The molecule has 2 atom stereocenters. The first-order valence-corrected chi connectivity index (χ1v) is 4.53. The van der Waals surface area contributed by atoms with Crippen LogP contribution in [0.25, 0.3) is 0 Å². The van der Waals surface area contributed by atoms with Gasteiger partial charge >= 0.3 is 0 Å². The molecule has 56 valence electrons. The summed E-state index contributed by atoms with van der Waals surface area (Å²) in [4.78, 5) is 0.552. The van der Waals surface area contributed by atoms with E-state index in [2.05, 4.69) is 48.9 Å². The Labute approximate surface area is 71.1 Å². The van der Waals surface area contributed by atoms with Crippen LogP contribution < -0.4 is 0 Å². The van der Waals surface area contributed by atoms with E-state index in [1.54, 1.807) is 0 Å². The molecule has 0 heterocycles. The second-order valence-electron chi connectivity index (χ2n) is 3.06. The maximum atomic E-state index is 3.63. The van der Waals surface area contributed by atoms with Gasteiger partial charge < -0.3 is 0 Å². The fourth-order valence-corrected chi connectivity index (χ4v) is 1.69. The van der Waals surface area contributed by atoms with Crippen molar-refractivity contribution in [3.05, 3.63) is 23.3 Å². The molecule has 0 bridgehead atoms. The van der Waals surface area contributed by atoms with E-state index >= 15 is 0 Å². The van der Waals surface area contributed by atoms with Crippen LogP contribution in [-0.4, -0.2) is 4.83 Å². The van der Waals surface area contributed by atoms with Gasteiger partial charge in [0.1, 0.15) is 0 Å². The first-order chi connectivity index (χ1) is 4.61. The van der Waals surface area contributed by atoms with E-state index in [4.69, 9.17) is 0 Å². The molecule has 1 aliphatic carbocycles. The lowest BCUT2D eigenvalue weighted by Gasteiger charge is -2.20. The highest BCUT2D eigenvalue weighted by Gasteiger charge is 2.16. The molecule has 0 aliphatic heterocycles. The van der Waals surface area contributed by atoms with Crippen molar-refractivity contribution in [2.75, 3.05) is 0 Å². The Kier molecular flexibility index (Phi) is 2.35. The molecular formula is C9H13Br. The number of rotatable bonds is 0. The highest BCUT2D eigenvalue weighted by atomic mass is 79.9. The van der Waals surface area contributed by atoms with Crippen molar-refractivity contribution in [2.24, 2.45) is 5.92 Å². The summed E-state index contributed by atoms with van der Waals surface area (Å²) in [7, 11) is 0. The van der Waals surface area contributed by atoms with Crippen LogP contribution in [0, 0.1) is 5.92 Å². The summed E-state index contributed by atoms with van der Waals surface area (Å²) in [5, 5.41) is 0. The van der Waals surface area contributed by atoms with Gasteiger partial charge in [-0.1, -0.05) is 46.2 Å². The molecule has 1 heteroatoms. The second-order valence-corrected chi connectivity index (χ2v) is 4.05. The standard InChI is InChI=1S/C9H13Br/c1-6-4-7(2)9(10)8(3)5-6/h4-5,7,9H,1-3H3. The largest absolute Gasteiger partial charge is 0.0836 e. The molecule has 0 fully saturated rings. The SMILES string of the molecule is CC1=CC(C)C(Br)C(C)=C1. The molecule has 0 N–H and O–H groups in total. The Morgan fingerprint density at radius 1 is 1.40 bits per heavy atom. The predicted octanol–water partition coefficient (Wildman–Crippen LogP) is 3.29. The van der Waals surface area contributed by atoms with Crippen molar-refractivity contribution in [1.29, 1.82) is 0 Å². The molecule has 0 aromatic rings. The van der Waals surface area contributed by atoms with Crippen LogP contribution in [0.15, 0.2) is 23.3 Å². The summed E-state index contributed by atoms with van der Waals surface area (Å²) >= 11 is 3.63. The van der Waals surface area contributed by atoms with Gasteiger partial charge in [0.15, 0.2) is 0 Å².